The van der Waals surface area contributed by atoms with E-state index in [1.165, 1.54) is 19.1 Å². The molecule has 23 heavy (non-hydrogen) atoms. The van der Waals surface area contributed by atoms with Gasteiger partial charge in [0.05, 0.1) is 5.56 Å². The smallest absolute Gasteiger partial charge is 0.416 e. The highest BCUT2D eigenvalue weighted by Gasteiger charge is 2.43. The molecule has 1 aromatic carbocycles. The second-order valence-electron chi connectivity index (χ2n) is 5.48. The van der Waals surface area contributed by atoms with Gasteiger partial charge in [0.2, 0.25) is 0 Å². The minimum Gasteiger partial charge on any atom is -0.478 e. The van der Waals surface area contributed by atoms with Crippen molar-refractivity contribution in [2.75, 3.05) is 0 Å². The predicted octanol–water partition coefficient (Wildman–Crippen LogP) is 3.66. The lowest BCUT2D eigenvalue weighted by Gasteiger charge is -2.41. The molecule has 0 saturated heterocycles. The summed E-state index contributed by atoms with van der Waals surface area (Å²) < 4.78 is 43.1. The molecule has 0 spiro atoms. The molecule has 2 rings (SSSR count). The van der Waals surface area contributed by atoms with Gasteiger partial charge in [0, 0.05) is 11.6 Å². The van der Waals surface area contributed by atoms with Crippen molar-refractivity contribution in [3.8, 4) is 0 Å². The fourth-order valence-corrected chi connectivity index (χ4v) is 2.37. The standard InChI is InChI=1S/C16H15F3O4/c1-10(14(21)22)9-13(20)23-15(7-2-8-15)11-3-5-12(6-4-11)16(17,18)19/h3-6,9H,2,7-8H2,1H3,(H,21,22)/b10-9+. The third kappa shape index (κ3) is 3.72. The molecule has 0 radical (unpaired) electrons. The van der Waals surface area contributed by atoms with Crippen LogP contribution < -0.4 is 0 Å². The molecule has 0 unspecified atom stereocenters. The summed E-state index contributed by atoms with van der Waals surface area (Å²) in [6, 6.07) is 4.48. The largest absolute Gasteiger partial charge is 0.478 e. The van der Waals surface area contributed by atoms with Crippen molar-refractivity contribution in [2.45, 2.75) is 38.0 Å². The molecule has 124 valence electrons. The molecule has 1 saturated carbocycles. The van der Waals surface area contributed by atoms with Crippen LogP contribution in [-0.4, -0.2) is 17.0 Å². The van der Waals surface area contributed by atoms with Gasteiger partial charge in [-0.25, -0.2) is 9.59 Å². The number of ether oxygens (including phenoxy) is 1. The number of carbonyl (C=O) groups excluding carboxylic acids is 1. The normalized spacial score (nSPS) is 17.3. The summed E-state index contributed by atoms with van der Waals surface area (Å²) in [5.74, 6) is -2.05. The quantitative estimate of drug-likeness (QED) is 0.677. The molecule has 1 N–H and O–H groups in total. The van der Waals surface area contributed by atoms with Gasteiger partial charge >= 0.3 is 18.1 Å². The topological polar surface area (TPSA) is 63.6 Å². The molecule has 1 aliphatic rings. The van der Waals surface area contributed by atoms with Crippen LogP contribution in [0.1, 0.15) is 37.3 Å². The van der Waals surface area contributed by atoms with Crippen LogP contribution in [0.2, 0.25) is 0 Å². The SMILES string of the molecule is C/C(=C\C(=O)OC1(c2ccc(C(F)(F)F)cc2)CCC1)C(=O)O. The molecule has 7 heteroatoms. The summed E-state index contributed by atoms with van der Waals surface area (Å²) in [6.45, 7) is 1.26. The van der Waals surface area contributed by atoms with Gasteiger partial charge in [-0.05, 0) is 43.9 Å². The molecule has 0 aliphatic heterocycles. The highest BCUT2D eigenvalue weighted by atomic mass is 19.4. The third-order valence-corrected chi connectivity index (χ3v) is 3.87. The number of halogens is 3. The van der Waals surface area contributed by atoms with Gasteiger partial charge in [0.25, 0.3) is 0 Å². The summed E-state index contributed by atoms with van der Waals surface area (Å²) in [4.78, 5) is 22.5. The van der Waals surface area contributed by atoms with Crippen LogP contribution in [0.4, 0.5) is 13.2 Å². The number of hydrogen-bond donors (Lipinski definition) is 1. The fraction of sp³-hybridized carbons (Fsp3) is 0.375. The maximum Gasteiger partial charge on any atom is 0.416 e. The Morgan fingerprint density at radius 1 is 1.22 bits per heavy atom. The Labute approximate surface area is 130 Å². The number of carboxylic acid groups (broad SMARTS) is 1. The van der Waals surface area contributed by atoms with Gasteiger partial charge in [-0.2, -0.15) is 13.2 Å². The number of benzene rings is 1. The molecular formula is C16H15F3O4. The molecule has 4 nitrogen and oxygen atoms in total. The Bertz CT molecular complexity index is 640. The Morgan fingerprint density at radius 2 is 1.78 bits per heavy atom. The lowest BCUT2D eigenvalue weighted by molar-refractivity contribution is -0.165. The summed E-state index contributed by atoms with van der Waals surface area (Å²) in [5.41, 5.74) is -1.44. The summed E-state index contributed by atoms with van der Waals surface area (Å²) in [7, 11) is 0. The van der Waals surface area contributed by atoms with E-state index in [0.29, 0.717) is 18.4 Å². The number of carboxylic acids is 1. The lowest BCUT2D eigenvalue weighted by atomic mass is 9.74. The maximum atomic E-state index is 12.6. The zero-order valence-electron chi connectivity index (χ0n) is 12.3. The average molecular weight is 328 g/mol. The van der Waals surface area contributed by atoms with Crippen LogP contribution in [-0.2, 0) is 26.1 Å². The van der Waals surface area contributed by atoms with Crippen molar-refractivity contribution in [3.63, 3.8) is 0 Å². The van der Waals surface area contributed by atoms with Crippen LogP contribution in [0.3, 0.4) is 0 Å². The van der Waals surface area contributed by atoms with E-state index < -0.39 is 29.3 Å². The van der Waals surface area contributed by atoms with Crippen LogP contribution in [0, 0.1) is 0 Å². The average Bonchev–Trinajstić information content (AvgIpc) is 2.42. The second kappa shape index (κ2) is 6.06. The minimum absolute atomic E-state index is 0.170. The van der Waals surface area contributed by atoms with E-state index in [4.69, 9.17) is 9.84 Å². The lowest BCUT2D eigenvalue weighted by Crippen LogP contribution is -2.39. The molecule has 1 aromatic rings. The molecule has 1 fully saturated rings. The highest BCUT2D eigenvalue weighted by molar-refractivity contribution is 5.95. The van der Waals surface area contributed by atoms with Gasteiger partial charge in [0.1, 0.15) is 5.60 Å². The molecule has 1 aliphatic carbocycles. The first-order valence-corrected chi connectivity index (χ1v) is 6.96. The Balaban J connectivity index is 2.20. The Kier molecular flexibility index (Phi) is 4.49. The van der Waals surface area contributed by atoms with E-state index in [1.54, 1.807) is 0 Å². The van der Waals surface area contributed by atoms with E-state index in [-0.39, 0.29) is 5.57 Å². The number of alkyl halides is 3. The predicted molar refractivity (Wildman–Crippen MR) is 74.5 cm³/mol. The van der Waals surface area contributed by atoms with Crippen LogP contribution in [0.5, 0.6) is 0 Å². The van der Waals surface area contributed by atoms with E-state index in [9.17, 15) is 22.8 Å². The Hall–Kier alpha value is -2.31. The molecular weight excluding hydrogens is 313 g/mol. The first-order chi connectivity index (χ1) is 10.6. The second-order valence-corrected chi connectivity index (χ2v) is 5.48. The van der Waals surface area contributed by atoms with Crippen molar-refractivity contribution >= 4 is 11.9 Å². The van der Waals surface area contributed by atoms with E-state index >= 15 is 0 Å². The maximum absolute atomic E-state index is 12.6. The number of esters is 1. The molecule has 0 amide bonds. The van der Waals surface area contributed by atoms with Crippen molar-refractivity contribution in [3.05, 3.63) is 47.0 Å². The number of rotatable bonds is 4. The van der Waals surface area contributed by atoms with Crippen LogP contribution in [0.25, 0.3) is 0 Å². The summed E-state index contributed by atoms with van der Waals surface area (Å²) >= 11 is 0. The monoisotopic (exact) mass is 328 g/mol. The van der Waals surface area contributed by atoms with Crippen molar-refractivity contribution in [1.82, 2.24) is 0 Å². The van der Waals surface area contributed by atoms with Crippen molar-refractivity contribution in [2.24, 2.45) is 0 Å². The van der Waals surface area contributed by atoms with Gasteiger partial charge in [-0.15, -0.1) is 0 Å². The first kappa shape index (κ1) is 17.1. The van der Waals surface area contributed by atoms with E-state index in [1.807, 2.05) is 0 Å². The first-order valence-electron chi connectivity index (χ1n) is 6.96. The zero-order valence-corrected chi connectivity index (χ0v) is 12.3. The highest BCUT2D eigenvalue weighted by Crippen LogP contribution is 2.45. The van der Waals surface area contributed by atoms with Crippen LogP contribution in [0.15, 0.2) is 35.9 Å². The van der Waals surface area contributed by atoms with Crippen molar-refractivity contribution in [1.29, 1.82) is 0 Å². The summed E-state index contributed by atoms with van der Waals surface area (Å²) in [6.07, 6.45) is -1.81. The third-order valence-electron chi connectivity index (χ3n) is 3.87. The number of hydrogen-bond acceptors (Lipinski definition) is 3. The molecule has 0 bridgehead atoms. The zero-order chi connectivity index (χ0) is 17.3. The van der Waals surface area contributed by atoms with E-state index in [2.05, 4.69) is 0 Å². The van der Waals surface area contributed by atoms with Gasteiger partial charge < -0.3 is 9.84 Å². The van der Waals surface area contributed by atoms with Gasteiger partial charge in [-0.3, -0.25) is 0 Å². The molecule has 0 heterocycles. The minimum atomic E-state index is -4.43. The molecule has 0 aromatic heterocycles. The Morgan fingerprint density at radius 3 is 2.17 bits per heavy atom. The number of aliphatic carboxylic acids is 1. The van der Waals surface area contributed by atoms with E-state index in [0.717, 1.165) is 24.6 Å². The fourth-order valence-electron chi connectivity index (χ4n) is 2.37. The van der Waals surface area contributed by atoms with Gasteiger partial charge in [0.15, 0.2) is 0 Å². The molecule has 0 atom stereocenters. The van der Waals surface area contributed by atoms with Crippen LogP contribution >= 0.6 is 0 Å². The van der Waals surface area contributed by atoms with Gasteiger partial charge in [-0.1, -0.05) is 12.1 Å². The number of carbonyl (C=O) groups is 2. The van der Waals surface area contributed by atoms with Crippen molar-refractivity contribution < 1.29 is 32.6 Å². The summed E-state index contributed by atoms with van der Waals surface area (Å²) in [5, 5.41) is 8.74.